The number of hydrogen-bond acceptors (Lipinski definition) is 4. The van der Waals surface area contributed by atoms with Crippen molar-refractivity contribution in [3.8, 4) is 11.3 Å². The smallest absolute Gasteiger partial charge is 0.223 e. The predicted octanol–water partition coefficient (Wildman–Crippen LogP) is 2.88. The van der Waals surface area contributed by atoms with Crippen LogP contribution in [-0.4, -0.2) is 34.9 Å². The predicted molar refractivity (Wildman–Crippen MR) is 89.1 cm³/mol. The Kier molecular flexibility index (Phi) is 4.98. The van der Waals surface area contributed by atoms with E-state index < -0.39 is 0 Å². The van der Waals surface area contributed by atoms with Crippen LogP contribution in [0.5, 0.6) is 0 Å². The molecule has 1 amide bonds. The summed E-state index contributed by atoms with van der Waals surface area (Å²) in [7, 11) is 0. The molecule has 1 aromatic heterocycles. The number of aryl methyl sites for hydroxylation is 1. The van der Waals surface area contributed by atoms with E-state index in [1.165, 1.54) is 0 Å². The van der Waals surface area contributed by atoms with Gasteiger partial charge < -0.3 is 15.1 Å². The van der Waals surface area contributed by atoms with E-state index in [9.17, 15) is 4.79 Å². The van der Waals surface area contributed by atoms with Crippen molar-refractivity contribution >= 4 is 17.5 Å². The molecule has 23 heavy (non-hydrogen) atoms. The standard InChI is InChI=1S/C17H20ClN3O2/c18-13-5-3-12(4-6-13)15-11-20-16(23-15)7-8-17(22)21-9-1-2-14(21)10-19/h3-6,11,14H,1-2,7-10,19H2. The first-order chi connectivity index (χ1) is 11.2. The summed E-state index contributed by atoms with van der Waals surface area (Å²) in [6, 6.07) is 7.57. The molecule has 2 heterocycles. The Morgan fingerprint density at radius 3 is 2.91 bits per heavy atom. The van der Waals surface area contributed by atoms with Crippen molar-refractivity contribution in [1.29, 1.82) is 0 Å². The average Bonchev–Trinajstić information content (AvgIpc) is 3.22. The number of amides is 1. The van der Waals surface area contributed by atoms with Gasteiger partial charge in [0.2, 0.25) is 5.91 Å². The molecule has 1 aliphatic heterocycles. The first-order valence-electron chi connectivity index (χ1n) is 7.87. The lowest BCUT2D eigenvalue weighted by Gasteiger charge is -2.23. The summed E-state index contributed by atoms with van der Waals surface area (Å²) in [5.74, 6) is 1.39. The van der Waals surface area contributed by atoms with Gasteiger partial charge in [-0.1, -0.05) is 11.6 Å². The van der Waals surface area contributed by atoms with Crippen molar-refractivity contribution < 1.29 is 9.21 Å². The third kappa shape index (κ3) is 3.74. The summed E-state index contributed by atoms with van der Waals surface area (Å²) in [6.07, 6.45) is 4.62. The molecular formula is C17H20ClN3O2. The second-order valence-corrected chi connectivity index (χ2v) is 6.18. The highest BCUT2D eigenvalue weighted by Crippen LogP contribution is 2.23. The minimum Gasteiger partial charge on any atom is -0.441 e. The maximum Gasteiger partial charge on any atom is 0.223 e. The van der Waals surface area contributed by atoms with E-state index in [1.54, 1.807) is 6.20 Å². The van der Waals surface area contributed by atoms with Gasteiger partial charge in [0, 0.05) is 42.6 Å². The molecule has 1 fully saturated rings. The summed E-state index contributed by atoms with van der Waals surface area (Å²) < 4.78 is 5.73. The fraction of sp³-hybridized carbons (Fsp3) is 0.412. The van der Waals surface area contributed by atoms with Crippen LogP contribution in [0.4, 0.5) is 0 Å². The number of carbonyl (C=O) groups excluding carboxylic acids is 1. The van der Waals surface area contributed by atoms with Crippen molar-refractivity contribution in [1.82, 2.24) is 9.88 Å². The molecule has 2 aromatic rings. The normalized spacial score (nSPS) is 17.7. The van der Waals surface area contributed by atoms with Crippen molar-refractivity contribution in [2.75, 3.05) is 13.1 Å². The maximum absolute atomic E-state index is 12.3. The summed E-state index contributed by atoms with van der Waals surface area (Å²) in [5, 5.41) is 0.680. The Labute approximate surface area is 140 Å². The monoisotopic (exact) mass is 333 g/mol. The molecule has 0 aliphatic carbocycles. The number of aromatic nitrogens is 1. The summed E-state index contributed by atoms with van der Waals surface area (Å²) >= 11 is 5.88. The lowest BCUT2D eigenvalue weighted by atomic mass is 10.2. The number of nitrogens with zero attached hydrogens (tertiary/aromatic N) is 2. The van der Waals surface area contributed by atoms with Crippen LogP contribution in [0.15, 0.2) is 34.9 Å². The van der Waals surface area contributed by atoms with Crippen LogP contribution in [-0.2, 0) is 11.2 Å². The van der Waals surface area contributed by atoms with Crippen LogP contribution in [0, 0.1) is 0 Å². The zero-order valence-electron chi connectivity index (χ0n) is 12.9. The zero-order valence-corrected chi connectivity index (χ0v) is 13.6. The number of oxazole rings is 1. The molecule has 0 saturated carbocycles. The van der Waals surface area contributed by atoms with E-state index in [1.807, 2.05) is 29.2 Å². The fourth-order valence-corrected chi connectivity index (χ4v) is 3.07. The fourth-order valence-electron chi connectivity index (χ4n) is 2.94. The molecule has 6 heteroatoms. The van der Waals surface area contributed by atoms with Crippen LogP contribution in [0.25, 0.3) is 11.3 Å². The molecule has 0 radical (unpaired) electrons. The molecule has 0 spiro atoms. The summed E-state index contributed by atoms with van der Waals surface area (Å²) in [6.45, 7) is 1.34. The van der Waals surface area contributed by atoms with Crippen molar-refractivity contribution in [3.05, 3.63) is 41.4 Å². The molecule has 1 aliphatic rings. The molecule has 1 unspecified atom stereocenters. The quantitative estimate of drug-likeness (QED) is 0.913. The topological polar surface area (TPSA) is 72.4 Å². The first kappa shape index (κ1) is 16.0. The van der Waals surface area contributed by atoms with Gasteiger partial charge in [0.1, 0.15) is 0 Å². The van der Waals surface area contributed by atoms with Gasteiger partial charge in [-0.15, -0.1) is 0 Å². The SMILES string of the molecule is NCC1CCCN1C(=O)CCc1ncc(-c2ccc(Cl)cc2)o1. The number of halogens is 1. The lowest BCUT2D eigenvalue weighted by Crippen LogP contribution is -2.40. The van der Waals surface area contributed by atoms with Gasteiger partial charge >= 0.3 is 0 Å². The van der Waals surface area contributed by atoms with Gasteiger partial charge in [-0.2, -0.15) is 0 Å². The van der Waals surface area contributed by atoms with Crippen LogP contribution >= 0.6 is 11.6 Å². The Hall–Kier alpha value is -1.85. The number of benzene rings is 1. The highest BCUT2D eigenvalue weighted by Gasteiger charge is 2.27. The second kappa shape index (κ2) is 7.15. The minimum atomic E-state index is 0.129. The van der Waals surface area contributed by atoms with Crippen LogP contribution in [0.3, 0.4) is 0 Å². The van der Waals surface area contributed by atoms with Crippen LogP contribution < -0.4 is 5.73 Å². The van der Waals surface area contributed by atoms with Gasteiger partial charge in [-0.05, 0) is 37.1 Å². The molecule has 1 atom stereocenters. The number of hydrogen-bond donors (Lipinski definition) is 1. The Morgan fingerprint density at radius 1 is 1.39 bits per heavy atom. The molecule has 3 rings (SSSR count). The van der Waals surface area contributed by atoms with E-state index in [0.717, 1.165) is 24.9 Å². The maximum atomic E-state index is 12.3. The largest absolute Gasteiger partial charge is 0.441 e. The molecule has 1 saturated heterocycles. The second-order valence-electron chi connectivity index (χ2n) is 5.74. The molecular weight excluding hydrogens is 314 g/mol. The minimum absolute atomic E-state index is 0.129. The third-order valence-corrected chi connectivity index (χ3v) is 4.46. The Morgan fingerprint density at radius 2 is 2.17 bits per heavy atom. The Bertz CT molecular complexity index is 669. The number of carbonyl (C=O) groups is 1. The molecule has 1 aromatic carbocycles. The van der Waals surface area contributed by atoms with Gasteiger partial charge in [0.05, 0.1) is 6.20 Å². The van der Waals surface area contributed by atoms with Gasteiger partial charge in [0.25, 0.3) is 0 Å². The molecule has 2 N–H and O–H groups in total. The van der Waals surface area contributed by atoms with Crippen molar-refractivity contribution in [2.45, 2.75) is 31.7 Å². The molecule has 5 nitrogen and oxygen atoms in total. The highest BCUT2D eigenvalue weighted by molar-refractivity contribution is 6.30. The molecule has 122 valence electrons. The van der Waals surface area contributed by atoms with Gasteiger partial charge in [0.15, 0.2) is 11.7 Å². The van der Waals surface area contributed by atoms with Crippen LogP contribution in [0.1, 0.15) is 25.2 Å². The first-order valence-corrected chi connectivity index (χ1v) is 8.25. The van der Waals surface area contributed by atoms with Crippen molar-refractivity contribution in [3.63, 3.8) is 0 Å². The zero-order chi connectivity index (χ0) is 16.2. The third-order valence-electron chi connectivity index (χ3n) is 4.20. The van der Waals surface area contributed by atoms with E-state index in [0.29, 0.717) is 36.1 Å². The number of likely N-dealkylation sites (tertiary alicyclic amines) is 1. The number of rotatable bonds is 5. The van der Waals surface area contributed by atoms with Gasteiger partial charge in [-0.3, -0.25) is 4.79 Å². The van der Waals surface area contributed by atoms with E-state index in [4.69, 9.17) is 21.8 Å². The Balaban J connectivity index is 1.59. The lowest BCUT2D eigenvalue weighted by molar-refractivity contribution is -0.131. The van der Waals surface area contributed by atoms with E-state index in [2.05, 4.69) is 4.98 Å². The van der Waals surface area contributed by atoms with E-state index in [-0.39, 0.29) is 11.9 Å². The average molecular weight is 334 g/mol. The highest BCUT2D eigenvalue weighted by atomic mass is 35.5. The van der Waals surface area contributed by atoms with E-state index >= 15 is 0 Å². The van der Waals surface area contributed by atoms with Gasteiger partial charge in [-0.25, -0.2) is 4.98 Å². The summed E-state index contributed by atoms with van der Waals surface area (Å²) in [4.78, 5) is 18.4. The molecule has 0 bridgehead atoms. The van der Waals surface area contributed by atoms with Crippen LogP contribution in [0.2, 0.25) is 5.02 Å². The summed E-state index contributed by atoms with van der Waals surface area (Å²) in [5.41, 5.74) is 6.63. The van der Waals surface area contributed by atoms with Crippen molar-refractivity contribution in [2.24, 2.45) is 5.73 Å². The number of nitrogens with two attached hydrogens (primary N) is 1.